The molecule has 1 fully saturated rings. The Kier molecular flexibility index (Phi) is 7.96. The molecule has 2 heterocycles. The van der Waals surface area contributed by atoms with E-state index >= 15 is 0 Å². The molecule has 23 heavy (non-hydrogen) atoms. The van der Waals surface area contributed by atoms with Gasteiger partial charge in [-0.25, -0.2) is 13.1 Å². The number of hydrogen-bond acceptors (Lipinski definition) is 5. The Hall–Kier alpha value is -0.670. The standard InChI is InChI=1S/C14H23N3O3S2.ClH/c1-3-8-17(11-4-6-16-7-5-11)14(18)13-9-12(10-21-13)22(19,20)15-2;/h9-11,15-16H,3-8H2,1-2H3;1H. The molecule has 1 aliphatic rings. The van der Waals surface area contributed by atoms with Gasteiger partial charge < -0.3 is 10.2 Å². The van der Waals surface area contributed by atoms with E-state index in [9.17, 15) is 13.2 Å². The molecular weight excluding hydrogens is 358 g/mol. The highest BCUT2D eigenvalue weighted by Crippen LogP contribution is 2.23. The number of amides is 1. The highest BCUT2D eigenvalue weighted by Gasteiger charge is 2.27. The van der Waals surface area contributed by atoms with Crippen molar-refractivity contribution in [2.75, 3.05) is 26.7 Å². The van der Waals surface area contributed by atoms with Crippen LogP contribution in [0.5, 0.6) is 0 Å². The van der Waals surface area contributed by atoms with E-state index in [2.05, 4.69) is 10.0 Å². The maximum atomic E-state index is 12.8. The van der Waals surface area contributed by atoms with E-state index in [1.165, 1.54) is 29.8 Å². The van der Waals surface area contributed by atoms with Crippen LogP contribution in [0.25, 0.3) is 0 Å². The van der Waals surface area contributed by atoms with E-state index in [0.717, 1.165) is 32.4 Å². The van der Waals surface area contributed by atoms with Crippen LogP contribution < -0.4 is 10.0 Å². The summed E-state index contributed by atoms with van der Waals surface area (Å²) >= 11 is 1.19. The number of sulfonamides is 1. The fourth-order valence-electron chi connectivity index (χ4n) is 2.64. The van der Waals surface area contributed by atoms with Crippen molar-refractivity contribution in [1.29, 1.82) is 0 Å². The van der Waals surface area contributed by atoms with Gasteiger partial charge in [-0.05, 0) is 45.5 Å². The zero-order valence-corrected chi connectivity index (χ0v) is 15.8. The lowest BCUT2D eigenvalue weighted by Crippen LogP contribution is -2.46. The van der Waals surface area contributed by atoms with Crippen molar-refractivity contribution in [3.63, 3.8) is 0 Å². The molecule has 1 amide bonds. The maximum Gasteiger partial charge on any atom is 0.264 e. The maximum absolute atomic E-state index is 12.8. The average molecular weight is 382 g/mol. The molecule has 1 aromatic heterocycles. The molecule has 132 valence electrons. The monoisotopic (exact) mass is 381 g/mol. The van der Waals surface area contributed by atoms with E-state index in [0.29, 0.717) is 11.4 Å². The molecule has 0 unspecified atom stereocenters. The summed E-state index contributed by atoms with van der Waals surface area (Å²) in [6.45, 7) is 4.59. The number of carbonyl (C=O) groups excluding carboxylic acids is 1. The van der Waals surface area contributed by atoms with Crippen molar-refractivity contribution in [2.45, 2.75) is 37.1 Å². The van der Waals surface area contributed by atoms with Gasteiger partial charge in [0.2, 0.25) is 10.0 Å². The lowest BCUT2D eigenvalue weighted by Gasteiger charge is -2.34. The van der Waals surface area contributed by atoms with Crippen LogP contribution in [0.2, 0.25) is 0 Å². The van der Waals surface area contributed by atoms with Crippen LogP contribution in [0, 0.1) is 0 Å². The highest BCUT2D eigenvalue weighted by atomic mass is 35.5. The van der Waals surface area contributed by atoms with E-state index in [1.807, 2.05) is 11.8 Å². The molecule has 2 rings (SSSR count). The summed E-state index contributed by atoms with van der Waals surface area (Å²) in [5.74, 6) is -0.0590. The van der Waals surface area contributed by atoms with Gasteiger partial charge in [0.1, 0.15) is 0 Å². The first-order valence-corrected chi connectivity index (χ1v) is 9.89. The van der Waals surface area contributed by atoms with Crippen molar-refractivity contribution in [3.8, 4) is 0 Å². The first kappa shape index (κ1) is 20.4. The van der Waals surface area contributed by atoms with Crippen LogP contribution in [0.15, 0.2) is 16.3 Å². The molecular formula is C14H24ClN3O3S2. The van der Waals surface area contributed by atoms with E-state index < -0.39 is 10.0 Å². The molecule has 0 spiro atoms. The van der Waals surface area contributed by atoms with Gasteiger partial charge in [-0.3, -0.25) is 4.79 Å². The van der Waals surface area contributed by atoms with Crippen molar-refractivity contribution in [3.05, 3.63) is 16.3 Å². The van der Waals surface area contributed by atoms with Crippen LogP contribution in [0.3, 0.4) is 0 Å². The van der Waals surface area contributed by atoms with E-state index in [-0.39, 0.29) is 29.3 Å². The van der Waals surface area contributed by atoms with Crippen LogP contribution in [0.1, 0.15) is 35.9 Å². The molecule has 0 aromatic carbocycles. The van der Waals surface area contributed by atoms with Gasteiger partial charge in [-0.1, -0.05) is 6.92 Å². The van der Waals surface area contributed by atoms with Crippen molar-refractivity contribution >= 4 is 39.7 Å². The quantitative estimate of drug-likeness (QED) is 0.785. The van der Waals surface area contributed by atoms with Gasteiger partial charge in [-0.15, -0.1) is 23.7 Å². The molecule has 1 saturated heterocycles. The van der Waals surface area contributed by atoms with Crippen LogP contribution in [-0.4, -0.2) is 51.9 Å². The minimum Gasteiger partial charge on any atom is -0.335 e. The molecule has 1 aliphatic heterocycles. The largest absolute Gasteiger partial charge is 0.335 e. The van der Waals surface area contributed by atoms with E-state index in [4.69, 9.17) is 0 Å². The lowest BCUT2D eigenvalue weighted by atomic mass is 10.0. The minimum atomic E-state index is -3.49. The number of thiophene rings is 1. The second kappa shape index (κ2) is 8.98. The summed E-state index contributed by atoms with van der Waals surface area (Å²) in [5.41, 5.74) is 0. The normalized spacial score (nSPS) is 15.9. The first-order chi connectivity index (χ1) is 10.5. The summed E-state index contributed by atoms with van der Waals surface area (Å²) in [6, 6.07) is 1.71. The summed E-state index contributed by atoms with van der Waals surface area (Å²) < 4.78 is 25.9. The number of nitrogens with one attached hydrogen (secondary N) is 2. The first-order valence-electron chi connectivity index (χ1n) is 7.53. The molecule has 0 bridgehead atoms. The van der Waals surface area contributed by atoms with E-state index in [1.54, 1.807) is 0 Å². The summed E-state index contributed by atoms with van der Waals surface area (Å²) in [4.78, 5) is 15.3. The molecule has 0 atom stereocenters. The fourth-order valence-corrected chi connectivity index (χ4v) is 4.60. The van der Waals surface area contributed by atoms with Crippen molar-refractivity contribution in [2.24, 2.45) is 0 Å². The predicted octanol–water partition coefficient (Wildman–Crippen LogP) is 1.68. The predicted molar refractivity (Wildman–Crippen MR) is 95.0 cm³/mol. The lowest BCUT2D eigenvalue weighted by molar-refractivity contribution is 0.0647. The molecule has 9 heteroatoms. The van der Waals surface area contributed by atoms with Crippen molar-refractivity contribution in [1.82, 2.24) is 14.9 Å². The number of nitrogens with zero attached hydrogens (tertiary/aromatic N) is 1. The number of piperidine rings is 1. The van der Waals surface area contributed by atoms with Gasteiger partial charge in [0, 0.05) is 18.0 Å². The Balaban J connectivity index is 0.00000264. The number of hydrogen-bond donors (Lipinski definition) is 2. The minimum absolute atomic E-state index is 0. The van der Waals surface area contributed by atoms with Gasteiger partial charge >= 0.3 is 0 Å². The third-order valence-electron chi connectivity index (χ3n) is 3.84. The van der Waals surface area contributed by atoms with Gasteiger partial charge in [0.25, 0.3) is 5.91 Å². The Labute approximate surface area is 148 Å². The number of carbonyl (C=O) groups is 1. The molecule has 2 N–H and O–H groups in total. The summed E-state index contributed by atoms with van der Waals surface area (Å²) in [6.07, 6.45) is 2.78. The Bertz CT molecular complexity index is 613. The third-order valence-corrected chi connectivity index (χ3v) is 6.30. The third kappa shape index (κ3) is 4.90. The van der Waals surface area contributed by atoms with Crippen molar-refractivity contribution < 1.29 is 13.2 Å². The molecule has 0 radical (unpaired) electrons. The Morgan fingerprint density at radius 3 is 2.65 bits per heavy atom. The second-order valence-electron chi connectivity index (χ2n) is 5.33. The number of halogens is 1. The van der Waals surface area contributed by atoms with Gasteiger partial charge in [0.15, 0.2) is 0 Å². The number of rotatable bonds is 6. The summed E-state index contributed by atoms with van der Waals surface area (Å²) in [7, 11) is -2.13. The average Bonchev–Trinajstić information content (AvgIpc) is 3.03. The SMILES string of the molecule is CCCN(C(=O)c1cc(S(=O)(=O)NC)cs1)C1CCNCC1.Cl. The highest BCUT2D eigenvalue weighted by molar-refractivity contribution is 7.89. The zero-order valence-electron chi connectivity index (χ0n) is 13.4. The fraction of sp³-hybridized carbons (Fsp3) is 0.643. The molecule has 1 aromatic rings. The molecule has 6 nitrogen and oxygen atoms in total. The van der Waals surface area contributed by atoms with Gasteiger partial charge in [-0.2, -0.15) is 0 Å². The van der Waals surface area contributed by atoms with Crippen LogP contribution in [-0.2, 0) is 10.0 Å². The Morgan fingerprint density at radius 2 is 2.09 bits per heavy atom. The smallest absolute Gasteiger partial charge is 0.264 e. The molecule has 0 saturated carbocycles. The molecule has 0 aliphatic carbocycles. The van der Waals surface area contributed by atoms with Crippen LogP contribution >= 0.6 is 23.7 Å². The van der Waals surface area contributed by atoms with Gasteiger partial charge in [0.05, 0.1) is 9.77 Å². The summed E-state index contributed by atoms with van der Waals surface area (Å²) in [5, 5.41) is 4.82. The van der Waals surface area contributed by atoms with Crippen LogP contribution in [0.4, 0.5) is 0 Å². The topological polar surface area (TPSA) is 78.5 Å². The zero-order chi connectivity index (χ0) is 16.2. The second-order valence-corrected chi connectivity index (χ2v) is 8.13. The Morgan fingerprint density at radius 1 is 1.43 bits per heavy atom.